The zero-order valence-electron chi connectivity index (χ0n) is 33.7. The summed E-state index contributed by atoms with van der Waals surface area (Å²) in [4.78, 5) is 52.0. The molecule has 0 aromatic rings. The van der Waals surface area contributed by atoms with Gasteiger partial charge in [-0.2, -0.15) is 0 Å². The largest absolute Gasteiger partial charge is 0.478 e. The van der Waals surface area contributed by atoms with Gasteiger partial charge in [0.1, 0.15) is 0 Å². The van der Waals surface area contributed by atoms with Gasteiger partial charge in [0.25, 0.3) is 0 Å². The minimum absolute atomic E-state index is 0.140. The number of carbonyl (C=O) groups is 5. The standard InChI is InChI=1S/C22H42O4.C6H14O3.3C4H6O2/c1-3-5-7-9-11-15-19-25-21(23)17-13-14-18-22(24)26-20-16-12-10-8-6-4-2;1-2-6(3-7,4-8)5-9;3*1-3(2)4(5)6/h3-20H2,1-2H3;7-9H,2-5H2,1H3;3*1H2,2H3,(H,5,6). The van der Waals surface area contributed by atoms with Gasteiger partial charge in [-0.1, -0.05) is 105 Å². The van der Waals surface area contributed by atoms with Crippen molar-refractivity contribution in [3.8, 4) is 0 Å². The van der Waals surface area contributed by atoms with Crippen molar-refractivity contribution in [1.29, 1.82) is 0 Å². The van der Waals surface area contributed by atoms with Gasteiger partial charge in [0.05, 0.1) is 33.0 Å². The molecule has 312 valence electrons. The summed E-state index contributed by atoms with van der Waals surface area (Å²) >= 11 is 0. The third-order valence-electron chi connectivity index (χ3n) is 7.39. The Hall–Kier alpha value is -3.55. The maximum absolute atomic E-state index is 11.6. The van der Waals surface area contributed by atoms with Gasteiger partial charge >= 0.3 is 29.8 Å². The molecule has 0 bridgehead atoms. The summed E-state index contributed by atoms with van der Waals surface area (Å²) in [6.07, 6.45) is 17.1. The number of esters is 2. The van der Waals surface area contributed by atoms with E-state index in [9.17, 15) is 24.0 Å². The summed E-state index contributed by atoms with van der Waals surface area (Å²) in [7, 11) is 0. The molecule has 0 atom stereocenters. The Labute approximate surface area is 319 Å². The molecule has 0 heterocycles. The predicted molar refractivity (Wildman–Crippen MR) is 208 cm³/mol. The molecular formula is C40H74O13. The molecule has 0 amide bonds. The van der Waals surface area contributed by atoms with E-state index in [4.69, 9.17) is 40.1 Å². The van der Waals surface area contributed by atoms with E-state index in [0.29, 0.717) is 45.3 Å². The molecule has 0 aliphatic heterocycles. The van der Waals surface area contributed by atoms with Crippen LogP contribution in [0, 0.1) is 5.41 Å². The van der Waals surface area contributed by atoms with Gasteiger partial charge in [-0.15, -0.1) is 0 Å². The van der Waals surface area contributed by atoms with E-state index >= 15 is 0 Å². The number of carboxylic acids is 3. The number of hydrogen-bond donors (Lipinski definition) is 6. The fourth-order valence-corrected chi connectivity index (χ4v) is 3.31. The summed E-state index contributed by atoms with van der Waals surface area (Å²) in [5, 5.41) is 49.6. The molecule has 0 aliphatic carbocycles. The Morgan fingerprint density at radius 2 is 0.717 bits per heavy atom. The number of carboxylic acid groups (broad SMARTS) is 3. The fourth-order valence-electron chi connectivity index (χ4n) is 3.31. The second-order valence-corrected chi connectivity index (χ2v) is 12.8. The number of ether oxygens (including phenoxy) is 2. The van der Waals surface area contributed by atoms with Gasteiger partial charge in [-0.05, 0) is 52.9 Å². The average Bonchev–Trinajstić information content (AvgIpc) is 3.11. The van der Waals surface area contributed by atoms with Crippen molar-refractivity contribution in [2.24, 2.45) is 5.41 Å². The van der Waals surface area contributed by atoms with Crippen LogP contribution in [0.15, 0.2) is 36.5 Å². The monoisotopic (exact) mass is 763 g/mol. The predicted octanol–water partition coefficient (Wildman–Crippen LogP) is 7.66. The minimum atomic E-state index is -0.935. The number of rotatable bonds is 26. The summed E-state index contributed by atoms with van der Waals surface area (Å²) < 4.78 is 10.4. The second-order valence-electron chi connectivity index (χ2n) is 12.8. The zero-order chi connectivity index (χ0) is 42.1. The molecule has 0 saturated carbocycles. The van der Waals surface area contributed by atoms with E-state index in [0.717, 1.165) is 25.7 Å². The third kappa shape index (κ3) is 50.6. The molecule has 0 unspecified atom stereocenters. The maximum atomic E-state index is 11.6. The first kappa shape index (κ1) is 58.8. The number of aliphatic hydroxyl groups is 3. The smallest absolute Gasteiger partial charge is 0.330 e. The molecule has 0 saturated heterocycles. The van der Waals surface area contributed by atoms with Gasteiger partial charge in [-0.3, -0.25) is 9.59 Å². The van der Waals surface area contributed by atoms with E-state index in [2.05, 4.69) is 33.6 Å². The lowest BCUT2D eigenvalue weighted by Crippen LogP contribution is -2.32. The maximum Gasteiger partial charge on any atom is 0.330 e. The third-order valence-corrected chi connectivity index (χ3v) is 7.39. The number of aliphatic hydroxyl groups excluding tert-OH is 3. The van der Waals surface area contributed by atoms with Crippen LogP contribution in [0.2, 0.25) is 0 Å². The van der Waals surface area contributed by atoms with Gasteiger partial charge in [0, 0.05) is 35.0 Å². The average molecular weight is 763 g/mol. The normalized spacial score (nSPS) is 9.83. The number of aliphatic carboxylic acids is 3. The Balaban J connectivity index is -0.000000228. The molecule has 13 nitrogen and oxygen atoms in total. The summed E-state index contributed by atoms with van der Waals surface area (Å²) in [5.41, 5.74) is -0.139. The van der Waals surface area contributed by atoms with Crippen molar-refractivity contribution in [2.45, 2.75) is 151 Å². The van der Waals surface area contributed by atoms with Gasteiger partial charge in [0.2, 0.25) is 0 Å². The van der Waals surface area contributed by atoms with Gasteiger partial charge < -0.3 is 40.1 Å². The highest BCUT2D eigenvalue weighted by Crippen LogP contribution is 2.18. The highest BCUT2D eigenvalue weighted by Gasteiger charge is 2.24. The molecule has 0 aliphatic rings. The van der Waals surface area contributed by atoms with Crippen molar-refractivity contribution in [1.82, 2.24) is 0 Å². The topological polar surface area (TPSA) is 225 Å². The van der Waals surface area contributed by atoms with Crippen molar-refractivity contribution >= 4 is 29.8 Å². The highest BCUT2D eigenvalue weighted by atomic mass is 16.5. The van der Waals surface area contributed by atoms with Crippen LogP contribution >= 0.6 is 0 Å². The van der Waals surface area contributed by atoms with Crippen LogP contribution < -0.4 is 0 Å². The van der Waals surface area contributed by atoms with Crippen molar-refractivity contribution in [2.75, 3.05) is 33.0 Å². The Morgan fingerprint density at radius 1 is 0.472 bits per heavy atom. The van der Waals surface area contributed by atoms with Crippen LogP contribution in [0.3, 0.4) is 0 Å². The molecule has 0 radical (unpaired) electrons. The highest BCUT2D eigenvalue weighted by molar-refractivity contribution is 5.85. The molecule has 6 N–H and O–H groups in total. The number of unbranched alkanes of at least 4 members (excludes halogenated alkanes) is 11. The number of carbonyl (C=O) groups excluding carboxylic acids is 2. The lowest BCUT2D eigenvalue weighted by Gasteiger charge is -2.24. The summed E-state index contributed by atoms with van der Waals surface area (Å²) in [6, 6.07) is 0. The van der Waals surface area contributed by atoms with Crippen molar-refractivity contribution < 1.29 is 64.1 Å². The van der Waals surface area contributed by atoms with Gasteiger partial charge in [-0.25, -0.2) is 14.4 Å². The Kier molecular flexibility index (Phi) is 47.5. The molecule has 0 rings (SSSR count). The van der Waals surface area contributed by atoms with E-state index in [-0.39, 0.29) is 48.5 Å². The minimum Gasteiger partial charge on any atom is -0.478 e. The van der Waals surface area contributed by atoms with E-state index in [1.807, 2.05) is 6.92 Å². The van der Waals surface area contributed by atoms with E-state index in [1.54, 1.807) is 0 Å². The first-order valence-electron chi connectivity index (χ1n) is 18.7. The molecule has 53 heavy (non-hydrogen) atoms. The lowest BCUT2D eigenvalue weighted by molar-refractivity contribution is -0.146. The summed E-state index contributed by atoms with van der Waals surface area (Å²) in [6.45, 7) is 20.6. The van der Waals surface area contributed by atoms with Crippen LogP contribution in [0.5, 0.6) is 0 Å². The van der Waals surface area contributed by atoms with Crippen LogP contribution in [0.1, 0.15) is 151 Å². The quantitative estimate of drug-likeness (QED) is 0.0283. The molecule has 0 spiro atoms. The van der Waals surface area contributed by atoms with Gasteiger partial charge in [0.15, 0.2) is 0 Å². The first-order valence-corrected chi connectivity index (χ1v) is 18.7. The first-order chi connectivity index (χ1) is 24.9. The Bertz CT molecular complexity index is 843. The van der Waals surface area contributed by atoms with Crippen LogP contribution in [0.4, 0.5) is 0 Å². The fraction of sp³-hybridized carbons (Fsp3) is 0.725. The summed E-state index contributed by atoms with van der Waals surface area (Å²) in [5.74, 6) is -3.09. The molecule has 0 fully saturated rings. The molecule has 13 heteroatoms. The molecule has 0 aromatic heterocycles. The molecular weight excluding hydrogens is 688 g/mol. The SMILES string of the molecule is C=C(C)C(=O)O.C=C(C)C(=O)O.C=C(C)C(=O)O.CCC(CO)(CO)CO.CCCCCCCCOC(=O)CCCCC(=O)OCCCCCCCC. The van der Waals surface area contributed by atoms with Crippen LogP contribution in [0.25, 0.3) is 0 Å². The lowest BCUT2D eigenvalue weighted by atomic mass is 9.88. The van der Waals surface area contributed by atoms with E-state index in [1.165, 1.54) is 72.1 Å². The molecule has 0 aromatic carbocycles. The Morgan fingerprint density at radius 3 is 0.906 bits per heavy atom. The zero-order valence-corrected chi connectivity index (χ0v) is 33.7. The second kappa shape index (κ2) is 42.9. The number of hydrogen-bond acceptors (Lipinski definition) is 10. The van der Waals surface area contributed by atoms with Crippen LogP contribution in [-0.4, -0.2) is 93.5 Å². The van der Waals surface area contributed by atoms with Crippen molar-refractivity contribution in [3.05, 3.63) is 36.5 Å². The van der Waals surface area contributed by atoms with Crippen LogP contribution in [-0.2, 0) is 33.4 Å². The van der Waals surface area contributed by atoms with Crippen molar-refractivity contribution in [3.63, 3.8) is 0 Å². The van der Waals surface area contributed by atoms with E-state index < -0.39 is 23.3 Å².